The van der Waals surface area contributed by atoms with Crippen molar-refractivity contribution in [2.45, 2.75) is 19.8 Å². The fourth-order valence-electron chi connectivity index (χ4n) is 1.10. The van der Waals surface area contributed by atoms with Crippen LogP contribution in [0.4, 0.5) is 0 Å². The highest BCUT2D eigenvalue weighted by Gasteiger charge is 2.07. The standard InChI is InChI=1S/C9H12O5S/c1-3-4-7-5-8(6-9(10)13-7)14-15(2,11)12/h5-6H,3-4H2,1-2H3. The molecule has 1 heterocycles. The third kappa shape index (κ3) is 4.16. The smallest absolute Gasteiger partial charge is 0.339 e. The first kappa shape index (κ1) is 11.8. The van der Waals surface area contributed by atoms with Gasteiger partial charge >= 0.3 is 15.7 Å². The Morgan fingerprint density at radius 3 is 2.60 bits per heavy atom. The Labute approximate surface area is 87.8 Å². The quantitative estimate of drug-likeness (QED) is 0.722. The first-order chi connectivity index (χ1) is 6.90. The average molecular weight is 232 g/mol. The summed E-state index contributed by atoms with van der Waals surface area (Å²) in [5.74, 6) is 0.417. The molecule has 1 aromatic heterocycles. The predicted octanol–water partition coefficient (Wildman–Crippen LogP) is 0.931. The molecule has 0 aliphatic rings. The second-order valence-corrected chi connectivity index (χ2v) is 4.69. The summed E-state index contributed by atoms with van der Waals surface area (Å²) in [6, 6.07) is 2.41. The van der Waals surface area contributed by atoms with Crippen LogP contribution in [-0.2, 0) is 16.5 Å². The van der Waals surface area contributed by atoms with Gasteiger partial charge < -0.3 is 8.60 Å². The monoisotopic (exact) mass is 232 g/mol. The van der Waals surface area contributed by atoms with Gasteiger partial charge in [0, 0.05) is 12.5 Å². The van der Waals surface area contributed by atoms with Gasteiger partial charge in [0.25, 0.3) is 0 Å². The van der Waals surface area contributed by atoms with E-state index in [-0.39, 0.29) is 5.75 Å². The van der Waals surface area contributed by atoms with Gasteiger partial charge in [0.05, 0.1) is 12.3 Å². The Balaban J connectivity index is 3.04. The molecule has 0 aromatic carbocycles. The molecule has 0 N–H and O–H groups in total. The molecule has 6 heteroatoms. The molecule has 0 aliphatic carbocycles. The second kappa shape index (κ2) is 4.48. The summed E-state index contributed by atoms with van der Waals surface area (Å²) < 4.78 is 31.1. The van der Waals surface area contributed by atoms with E-state index in [2.05, 4.69) is 4.18 Å². The van der Waals surface area contributed by atoms with E-state index in [1.54, 1.807) is 0 Å². The molecule has 0 spiro atoms. The van der Waals surface area contributed by atoms with Crippen molar-refractivity contribution in [3.63, 3.8) is 0 Å². The van der Waals surface area contributed by atoms with E-state index < -0.39 is 15.7 Å². The summed E-state index contributed by atoms with van der Waals surface area (Å²) in [4.78, 5) is 11.0. The Kier molecular flexibility index (Phi) is 3.52. The third-order valence-electron chi connectivity index (χ3n) is 1.54. The molecular formula is C9H12O5S. The lowest BCUT2D eigenvalue weighted by molar-refractivity contribution is 0.440. The maximum absolute atomic E-state index is 11.0. The Hall–Kier alpha value is -1.30. The zero-order valence-corrected chi connectivity index (χ0v) is 9.33. The molecule has 1 aromatic rings. The minimum absolute atomic E-state index is 0.00259. The summed E-state index contributed by atoms with van der Waals surface area (Å²) in [5, 5.41) is 0. The van der Waals surface area contributed by atoms with Crippen molar-refractivity contribution in [3.8, 4) is 5.75 Å². The van der Waals surface area contributed by atoms with Crippen molar-refractivity contribution in [2.75, 3.05) is 6.26 Å². The molecule has 5 nitrogen and oxygen atoms in total. The highest BCUT2D eigenvalue weighted by Crippen LogP contribution is 2.13. The molecule has 0 unspecified atom stereocenters. The molecule has 84 valence electrons. The zero-order valence-electron chi connectivity index (χ0n) is 8.52. The van der Waals surface area contributed by atoms with Gasteiger partial charge in [-0.05, 0) is 6.42 Å². The maximum Gasteiger partial charge on any atom is 0.339 e. The molecule has 0 saturated heterocycles. The van der Waals surface area contributed by atoms with E-state index in [4.69, 9.17) is 4.42 Å². The summed E-state index contributed by atoms with van der Waals surface area (Å²) in [6.07, 6.45) is 2.28. The van der Waals surface area contributed by atoms with Gasteiger partial charge in [-0.25, -0.2) is 4.79 Å². The van der Waals surface area contributed by atoms with E-state index in [1.165, 1.54) is 6.07 Å². The van der Waals surface area contributed by atoms with Crippen LogP contribution in [-0.4, -0.2) is 14.7 Å². The average Bonchev–Trinajstić information content (AvgIpc) is 1.99. The molecule has 15 heavy (non-hydrogen) atoms. The van der Waals surface area contributed by atoms with E-state index in [0.29, 0.717) is 12.2 Å². The first-order valence-corrected chi connectivity index (χ1v) is 6.26. The summed E-state index contributed by atoms with van der Waals surface area (Å²) in [5.41, 5.74) is -0.611. The molecule has 0 amide bonds. The molecule has 1 rings (SSSR count). The van der Waals surface area contributed by atoms with Crippen LogP contribution < -0.4 is 9.81 Å². The molecule has 0 aliphatic heterocycles. The summed E-state index contributed by atoms with van der Waals surface area (Å²) in [6.45, 7) is 1.92. The van der Waals surface area contributed by atoms with E-state index in [9.17, 15) is 13.2 Å². The Morgan fingerprint density at radius 1 is 1.40 bits per heavy atom. The van der Waals surface area contributed by atoms with Crippen LogP contribution in [0, 0.1) is 0 Å². The van der Waals surface area contributed by atoms with E-state index in [1.807, 2.05) is 6.92 Å². The van der Waals surface area contributed by atoms with Crippen LogP contribution in [0.3, 0.4) is 0 Å². The van der Waals surface area contributed by atoms with Crippen molar-refractivity contribution in [3.05, 3.63) is 28.3 Å². The van der Waals surface area contributed by atoms with Crippen molar-refractivity contribution in [2.24, 2.45) is 0 Å². The van der Waals surface area contributed by atoms with Crippen LogP contribution in [0.5, 0.6) is 5.75 Å². The summed E-state index contributed by atoms with van der Waals surface area (Å²) in [7, 11) is -3.61. The van der Waals surface area contributed by atoms with Crippen LogP contribution in [0.1, 0.15) is 19.1 Å². The fraction of sp³-hybridized carbons (Fsp3) is 0.444. The van der Waals surface area contributed by atoms with Crippen LogP contribution in [0.25, 0.3) is 0 Å². The number of aryl methyl sites for hydroxylation is 1. The number of rotatable bonds is 4. The fourth-order valence-corrected chi connectivity index (χ4v) is 1.54. The van der Waals surface area contributed by atoms with E-state index in [0.717, 1.165) is 18.7 Å². The van der Waals surface area contributed by atoms with Gasteiger partial charge in [-0.3, -0.25) is 0 Å². The number of hydrogen-bond donors (Lipinski definition) is 0. The minimum atomic E-state index is -3.61. The summed E-state index contributed by atoms with van der Waals surface area (Å²) >= 11 is 0. The zero-order chi connectivity index (χ0) is 11.5. The second-order valence-electron chi connectivity index (χ2n) is 3.12. The largest absolute Gasteiger partial charge is 0.428 e. The highest BCUT2D eigenvalue weighted by molar-refractivity contribution is 7.86. The highest BCUT2D eigenvalue weighted by atomic mass is 32.2. The third-order valence-corrected chi connectivity index (χ3v) is 2.03. The van der Waals surface area contributed by atoms with Gasteiger partial charge in [0.2, 0.25) is 0 Å². The van der Waals surface area contributed by atoms with Gasteiger partial charge in [0.15, 0.2) is 5.75 Å². The molecule has 0 fully saturated rings. The van der Waals surface area contributed by atoms with Crippen LogP contribution >= 0.6 is 0 Å². The van der Waals surface area contributed by atoms with Crippen molar-refractivity contribution in [1.29, 1.82) is 0 Å². The molecular weight excluding hydrogens is 220 g/mol. The molecule has 0 atom stereocenters. The lowest BCUT2D eigenvalue weighted by atomic mass is 10.2. The predicted molar refractivity (Wildman–Crippen MR) is 54.4 cm³/mol. The van der Waals surface area contributed by atoms with Crippen molar-refractivity contribution < 1.29 is 17.0 Å². The van der Waals surface area contributed by atoms with Gasteiger partial charge in [-0.1, -0.05) is 6.92 Å². The normalized spacial score (nSPS) is 11.3. The van der Waals surface area contributed by atoms with Gasteiger partial charge in [0.1, 0.15) is 5.76 Å². The first-order valence-electron chi connectivity index (χ1n) is 4.44. The topological polar surface area (TPSA) is 73.6 Å². The molecule has 0 radical (unpaired) electrons. The maximum atomic E-state index is 11.0. The minimum Gasteiger partial charge on any atom is -0.428 e. The van der Waals surface area contributed by atoms with Crippen LogP contribution in [0.2, 0.25) is 0 Å². The number of hydrogen-bond acceptors (Lipinski definition) is 5. The SMILES string of the molecule is CCCc1cc(OS(C)(=O)=O)cc(=O)o1. The van der Waals surface area contributed by atoms with E-state index >= 15 is 0 Å². The molecule has 0 saturated carbocycles. The lowest BCUT2D eigenvalue weighted by Gasteiger charge is -2.03. The van der Waals surface area contributed by atoms with Crippen molar-refractivity contribution in [1.82, 2.24) is 0 Å². The van der Waals surface area contributed by atoms with Gasteiger partial charge in [-0.2, -0.15) is 8.42 Å². The Bertz CT molecular complexity index is 485. The lowest BCUT2D eigenvalue weighted by Crippen LogP contribution is -2.09. The van der Waals surface area contributed by atoms with Crippen LogP contribution in [0.15, 0.2) is 21.3 Å². The van der Waals surface area contributed by atoms with Gasteiger partial charge in [-0.15, -0.1) is 0 Å². The van der Waals surface area contributed by atoms with Crippen molar-refractivity contribution >= 4 is 10.1 Å². The molecule has 0 bridgehead atoms. The Morgan fingerprint density at radius 2 is 2.07 bits per heavy atom.